The number of hydrogen-bond acceptors (Lipinski definition) is 6. The number of carbonyl (C=O) groups is 1. The molecule has 0 saturated heterocycles. The summed E-state index contributed by atoms with van der Waals surface area (Å²) in [5.74, 6) is 1.51. The second-order valence-corrected chi connectivity index (χ2v) is 7.79. The van der Waals surface area contributed by atoms with Crippen molar-refractivity contribution in [2.75, 3.05) is 11.1 Å². The zero-order chi connectivity index (χ0) is 17.5. The highest BCUT2D eigenvalue weighted by molar-refractivity contribution is 8.01. The molecule has 0 saturated carbocycles. The number of nitrogens with zero attached hydrogens (tertiary/aromatic N) is 2. The van der Waals surface area contributed by atoms with Crippen LogP contribution in [0.2, 0.25) is 0 Å². The van der Waals surface area contributed by atoms with Crippen LogP contribution < -0.4 is 10.1 Å². The summed E-state index contributed by atoms with van der Waals surface area (Å²) in [6.45, 7) is 8.12. The van der Waals surface area contributed by atoms with Crippen molar-refractivity contribution in [2.45, 2.75) is 51.0 Å². The molecule has 1 N–H and O–H groups in total. The first kappa shape index (κ1) is 18.7. The summed E-state index contributed by atoms with van der Waals surface area (Å²) in [5.41, 5.74) is 2.34. The van der Waals surface area contributed by atoms with E-state index in [1.54, 1.807) is 11.8 Å². The Hall–Kier alpha value is -1.60. The first-order valence-corrected chi connectivity index (χ1v) is 9.84. The first-order chi connectivity index (χ1) is 11.5. The van der Waals surface area contributed by atoms with E-state index in [-0.39, 0.29) is 5.91 Å². The normalized spacial score (nSPS) is 12.0. The van der Waals surface area contributed by atoms with E-state index in [4.69, 9.17) is 4.74 Å². The average molecular weight is 366 g/mol. The van der Waals surface area contributed by atoms with Crippen molar-refractivity contribution in [1.29, 1.82) is 0 Å². The summed E-state index contributed by atoms with van der Waals surface area (Å²) >= 11 is 3.04. The molecule has 0 bridgehead atoms. The number of carbonyl (C=O) groups excluding carboxylic acids is 1. The number of ether oxygens (including phenoxy) is 1. The van der Waals surface area contributed by atoms with Crippen LogP contribution in [0.4, 0.5) is 5.13 Å². The van der Waals surface area contributed by atoms with E-state index in [0.29, 0.717) is 17.3 Å². The zero-order valence-corrected chi connectivity index (χ0v) is 16.1. The minimum absolute atomic E-state index is 0.195. The van der Waals surface area contributed by atoms with E-state index in [1.165, 1.54) is 16.9 Å². The molecule has 1 amide bonds. The quantitative estimate of drug-likeness (QED) is 0.553. The number of aromatic nitrogens is 2. The van der Waals surface area contributed by atoms with Gasteiger partial charge in [-0.15, -0.1) is 10.2 Å². The van der Waals surface area contributed by atoms with Crippen LogP contribution in [0.3, 0.4) is 0 Å². The molecule has 7 heteroatoms. The molecule has 0 radical (unpaired) electrons. The van der Waals surface area contributed by atoms with Crippen molar-refractivity contribution in [2.24, 2.45) is 0 Å². The van der Waals surface area contributed by atoms with E-state index in [2.05, 4.69) is 22.4 Å². The third-order valence-electron chi connectivity index (χ3n) is 3.49. The summed E-state index contributed by atoms with van der Waals surface area (Å²) in [4.78, 5) is 12.4. The number of rotatable bonds is 8. The number of hydrogen-bond donors (Lipinski definition) is 1. The third-order valence-corrected chi connectivity index (χ3v) is 5.66. The molecule has 0 unspecified atom stereocenters. The maximum Gasteiger partial charge on any atom is 0.267 e. The molecule has 1 aromatic carbocycles. The number of thioether (sulfide) groups is 1. The minimum Gasteiger partial charge on any atom is -0.481 e. The van der Waals surface area contributed by atoms with E-state index in [9.17, 15) is 4.79 Å². The topological polar surface area (TPSA) is 64.1 Å². The van der Waals surface area contributed by atoms with Crippen LogP contribution in [0.25, 0.3) is 0 Å². The summed E-state index contributed by atoms with van der Waals surface area (Å²) in [5, 5.41) is 11.4. The van der Waals surface area contributed by atoms with Gasteiger partial charge in [-0.3, -0.25) is 10.1 Å². The summed E-state index contributed by atoms with van der Waals surface area (Å²) in [6, 6.07) is 5.84. The fourth-order valence-electron chi connectivity index (χ4n) is 1.97. The number of aryl methyl sites for hydroxylation is 2. The molecular formula is C17H23N3O2S2. The van der Waals surface area contributed by atoms with Gasteiger partial charge in [0.2, 0.25) is 5.13 Å². The van der Waals surface area contributed by atoms with Gasteiger partial charge in [0.05, 0.1) is 0 Å². The zero-order valence-electron chi connectivity index (χ0n) is 14.5. The molecule has 130 valence electrons. The minimum atomic E-state index is -0.553. The van der Waals surface area contributed by atoms with Gasteiger partial charge in [0.15, 0.2) is 10.4 Å². The Bertz CT molecular complexity index is 688. The highest BCUT2D eigenvalue weighted by Gasteiger charge is 2.20. The lowest BCUT2D eigenvalue weighted by Gasteiger charge is -2.17. The molecule has 0 spiro atoms. The smallest absolute Gasteiger partial charge is 0.267 e. The van der Waals surface area contributed by atoms with Crippen molar-refractivity contribution in [3.05, 3.63) is 29.3 Å². The number of amides is 1. The van der Waals surface area contributed by atoms with Gasteiger partial charge in [-0.1, -0.05) is 43.0 Å². The third kappa shape index (κ3) is 5.21. The molecule has 0 fully saturated rings. The Labute approximate surface area is 151 Å². The second kappa shape index (κ2) is 9.03. The van der Waals surface area contributed by atoms with Crippen LogP contribution in [0.1, 0.15) is 37.8 Å². The van der Waals surface area contributed by atoms with Gasteiger partial charge in [0.1, 0.15) is 5.75 Å². The van der Waals surface area contributed by atoms with Crippen LogP contribution in [0, 0.1) is 13.8 Å². The van der Waals surface area contributed by atoms with E-state index >= 15 is 0 Å². The molecule has 1 heterocycles. The molecule has 5 nitrogen and oxygen atoms in total. The SMILES string of the molecule is CCCSc1nnc(NC(=O)[C@H](CC)Oc2ccc(C)c(C)c2)s1. The van der Waals surface area contributed by atoms with E-state index in [1.807, 2.05) is 39.0 Å². The summed E-state index contributed by atoms with van der Waals surface area (Å²) < 4.78 is 6.71. The summed E-state index contributed by atoms with van der Waals surface area (Å²) in [7, 11) is 0. The Morgan fingerprint density at radius 3 is 2.75 bits per heavy atom. The van der Waals surface area contributed by atoms with Gasteiger partial charge >= 0.3 is 0 Å². The Morgan fingerprint density at radius 1 is 1.29 bits per heavy atom. The largest absolute Gasteiger partial charge is 0.481 e. The molecule has 1 atom stereocenters. The lowest BCUT2D eigenvalue weighted by atomic mass is 10.1. The van der Waals surface area contributed by atoms with Crippen LogP contribution >= 0.6 is 23.1 Å². The maximum atomic E-state index is 12.4. The van der Waals surface area contributed by atoms with Crippen LogP contribution in [-0.2, 0) is 4.79 Å². The van der Waals surface area contributed by atoms with Crippen molar-refractivity contribution in [1.82, 2.24) is 10.2 Å². The molecule has 0 aliphatic rings. The van der Waals surface area contributed by atoms with Gasteiger partial charge in [0, 0.05) is 5.75 Å². The average Bonchev–Trinajstić information content (AvgIpc) is 3.01. The fraction of sp³-hybridized carbons (Fsp3) is 0.471. The van der Waals surface area contributed by atoms with Crippen molar-refractivity contribution < 1.29 is 9.53 Å². The van der Waals surface area contributed by atoms with E-state index in [0.717, 1.165) is 22.1 Å². The predicted molar refractivity (Wildman–Crippen MR) is 100 cm³/mol. The van der Waals surface area contributed by atoms with Gasteiger partial charge in [-0.2, -0.15) is 0 Å². The fourth-order valence-corrected chi connectivity index (χ4v) is 3.65. The second-order valence-electron chi connectivity index (χ2n) is 5.47. The van der Waals surface area contributed by atoms with Crippen LogP contribution in [0.5, 0.6) is 5.75 Å². The monoisotopic (exact) mass is 365 g/mol. The summed E-state index contributed by atoms with van der Waals surface area (Å²) in [6.07, 6.45) is 1.10. The Balaban J connectivity index is 1.97. The number of benzene rings is 1. The van der Waals surface area contributed by atoms with Crippen molar-refractivity contribution in [3.63, 3.8) is 0 Å². The van der Waals surface area contributed by atoms with Gasteiger partial charge in [0.25, 0.3) is 5.91 Å². The van der Waals surface area contributed by atoms with Crippen LogP contribution in [0.15, 0.2) is 22.5 Å². The van der Waals surface area contributed by atoms with Crippen LogP contribution in [-0.4, -0.2) is 28.0 Å². The van der Waals surface area contributed by atoms with Crippen molar-refractivity contribution >= 4 is 34.1 Å². The first-order valence-electron chi connectivity index (χ1n) is 8.04. The lowest BCUT2D eigenvalue weighted by molar-refractivity contribution is -0.122. The highest BCUT2D eigenvalue weighted by atomic mass is 32.2. The molecular weight excluding hydrogens is 342 g/mol. The Kier molecular flexibility index (Phi) is 7.05. The Morgan fingerprint density at radius 2 is 2.08 bits per heavy atom. The van der Waals surface area contributed by atoms with Gasteiger partial charge < -0.3 is 4.74 Å². The predicted octanol–water partition coefficient (Wildman–Crippen LogP) is 4.45. The molecule has 24 heavy (non-hydrogen) atoms. The van der Waals surface area contributed by atoms with Gasteiger partial charge in [-0.25, -0.2) is 0 Å². The highest BCUT2D eigenvalue weighted by Crippen LogP contribution is 2.26. The standard InChI is InChI=1S/C17H23N3O2S2/c1-5-9-23-17-20-19-16(24-17)18-15(21)14(6-2)22-13-8-7-11(3)12(4)10-13/h7-8,10,14H,5-6,9H2,1-4H3,(H,18,19,21)/t14-/m0/s1. The number of nitrogens with one attached hydrogen (secondary N) is 1. The molecule has 0 aliphatic heterocycles. The molecule has 2 rings (SSSR count). The van der Waals surface area contributed by atoms with Gasteiger partial charge in [-0.05, 0) is 49.9 Å². The molecule has 1 aromatic heterocycles. The molecule has 2 aromatic rings. The maximum absolute atomic E-state index is 12.4. The molecule has 0 aliphatic carbocycles. The lowest BCUT2D eigenvalue weighted by Crippen LogP contribution is -2.32. The van der Waals surface area contributed by atoms with Crippen molar-refractivity contribution in [3.8, 4) is 5.75 Å². The number of anilines is 1. The van der Waals surface area contributed by atoms with E-state index < -0.39 is 6.10 Å².